The van der Waals surface area contributed by atoms with Crippen molar-refractivity contribution in [3.63, 3.8) is 0 Å². The van der Waals surface area contributed by atoms with Crippen LogP contribution in [0, 0.1) is 0 Å². The van der Waals surface area contributed by atoms with Crippen LogP contribution in [0.15, 0.2) is 60.7 Å². The SMILES string of the molecule is NCCCOc1cc(OCCCN)cc(-c2cccc(-c3cc(OCCCN)cc(OCCCN)c3)c2)c1. The first kappa shape index (κ1) is 29.3. The molecule has 206 valence electrons. The molecule has 0 spiro atoms. The Hall–Kier alpha value is -3.30. The van der Waals surface area contributed by atoms with Crippen molar-refractivity contribution in [2.45, 2.75) is 25.7 Å². The maximum Gasteiger partial charge on any atom is 0.123 e. The van der Waals surface area contributed by atoms with Crippen LogP contribution in [0.2, 0.25) is 0 Å². The van der Waals surface area contributed by atoms with Crippen molar-refractivity contribution in [1.82, 2.24) is 0 Å². The second-order valence-electron chi connectivity index (χ2n) is 8.93. The molecule has 38 heavy (non-hydrogen) atoms. The summed E-state index contributed by atoms with van der Waals surface area (Å²) in [6, 6.07) is 20.3. The minimum absolute atomic E-state index is 0.548. The van der Waals surface area contributed by atoms with E-state index >= 15 is 0 Å². The highest BCUT2D eigenvalue weighted by molar-refractivity contribution is 5.75. The molecule has 8 nitrogen and oxygen atoms in total. The van der Waals surface area contributed by atoms with E-state index in [-0.39, 0.29) is 0 Å². The van der Waals surface area contributed by atoms with E-state index in [2.05, 4.69) is 18.2 Å². The number of ether oxygens (including phenoxy) is 4. The van der Waals surface area contributed by atoms with Crippen molar-refractivity contribution < 1.29 is 18.9 Å². The molecule has 8 N–H and O–H groups in total. The largest absolute Gasteiger partial charge is 0.493 e. The number of hydrogen-bond donors (Lipinski definition) is 4. The molecular formula is C30H42N4O4. The van der Waals surface area contributed by atoms with Crippen molar-refractivity contribution in [2.24, 2.45) is 22.9 Å². The normalized spacial score (nSPS) is 10.8. The third kappa shape index (κ3) is 9.54. The molecule has 0 fully saturated rings. The zero-order chi connectivity index (χ0) is 27.0. The van der Waals surface area contributed by atoms with Gasteiger partial charge in [0, 0.05) is 12.1 Å². The van der Waals surface area contributed by atoms with Gasteiger partial charge in [0.05, 0.1) is 26.4 Å². The Morgan fingerprint density at radius 2 is 0.711 bits per heavy atom. The van der Waals surface area contributed by atoms with Crippen LogP contribution in [0.3, 0.4) is 0 Å². The van der Waals surface area contributed by atoms with Crippen molar-refractivity contribution in [1.29, 1.82) is 0 Å². The molecule has 0 aliphatic rings. The third-order valence-corrected chi connectivity index (χ3v) is 5.76. The van der Waals surface area contributed by atoms with E-state index in [1.54, 1.807) is 0 Å². The van der Waals surface area contributed by atoms with Gasteiger partial charge in [-0.15, -0.1) is 0 Å². The van der Waals surface area contributed by atoms with E-state index in [4.69, 9.17) is 41.9 Å². The number of hydrogen-bond acceptors (Lipinski definition) is 8. The lowest BCUT2D eigenvalue weighted by Crippen LogP contribution is -2.07. The molecule has 8 heteroatoms. The maximum atomic E-state index is 5.96. The van der Waals surface area contributed by atoms with Crippen LogP contribution >= 0.6 is 0 Å². The number of rotatable bonds is 18. The molecule has 0 aliphatic heterocycles. The van der Waals surface area contributed by atoms with Gasteiger partial charge in [0.1, 0.15) is 23.0 Å². The van der Waals surface area contributed by atoms with E-state index in [1.807, 2.05) is 42.5 Å². The third-order valence-electron chi connectivity index (χ3n) is 5.76. The predicted molar refractivity (Wildman–Crippen MR) is 154 cm³/mol. The van der Waals surface area contributed by atoms with Crippen LogP contribution in [-0.2, 0) is 0 Å². The Kier molecular flexibility index (Phi) is 12.7. The van der Waals surface area contributed by atoms with Gasteiger partial charge in [0.15, 0.2) is 0 Å². The van der Waals surface area contributed by atoms with Crippen molar-refractivity contribution in [2.75, 3.05) is 52.6 Å². The molecule has 0 heterocycles. The van der Waals surface area contributed by atoms with Crippen molar-refractivity contribution in [3.05, 3.63) is 60.7 Å². The first-order valence-corrected chi connectivity index (χ1v) is 13.4. The smallest absolute Gasteiger partial charge is 0.123 e. The minimum Gasteiger partial charge on any atom is -0.493 e. The Balaban J connectivity index is 1.93. The Morgan fingerprint density at radius 1 is 0.395 bits per heavy atom. The highest BCUT2D eigenvalue weighted by Gasteiger charge is 2.10. The molecule has 3 rings (SSSR count). The summed E-state index contributed by atoms with van der Waals surface area (Å²) in [6.07, 6.45) is 3.12. The van der Waals surface area contributed by atoms with Crippen LogP contribution in [0.25, 0.3) is 22.3 Å². The Bertz CT molecular complexity index is 970. The Morgan fingerprint density at radius 3 is 1.00 bits per heavy atom. The lowest BCUT2D eigenvalue weighted by atomic mass is 9.98. The van der Waals surface area contributed by atoms with Crippen LogP contribution in [-0.4, -0.2) is 52.6 Å². The molecule has 0 saturated heterocycles. The van der Waals surface area contributed by atoms with Crippen LogP contribution in [0.5, 0.6) is 23.0 Å². The average molecular weight is 523 g/mol. The average Bonchev–Trinajstić information content (AvgIpc) is 2.94. The van der Waals surface area contributed by atoms with Gasteiger partial charge in [0.25, 0.3) is 0 Å². The van der Waals surface area contributed by atoms with E-state index in [0.717, 1.165) is 70.9 Å². The summed E-state index contributed by atoms with van der Waals surface area (Å²) >= 11 is 0. The van der Waals surface area contributed by atoms with Crippen LogP contribution in [0.1, 0.15) is 25.7 Å². The molecular weight excluding hydrogens is 480 g/mol. The van der Waals surface area contributed by atoms with Gasteiger partial charge in [-0.3, -0.25) is 0 Å². The first-order chi connectivity index (χ1) is 18.7. The van der Waals surface area contributed by atoms with Gasteiger partial charge in [0.2, 0.25) is 0 Å². The van der Waals surface area contributed by atoms with Crippen molar-refractivity contribution in [3.8, 4) is 45.3 Å². The summed E-state index contributed by atoms with van der Waals surface area (Å²) in [5.41, 5.74) is 26.6. The summed E-state index contributed by atoms with van der Waals surface area (Å²) in [7, 11) is 0. The fourth-order valence-electron chi connectivity index (χ4n) is 3.78. The quantitative estimate of drug-likeness (QED) is 0.184. The molecule has 0 atom stereocenters. The summed E-state index contributed by atoms with van der Waals surface area (Å²) in [5.74, 6) is 2.98. The zero-order valence-corrected chi connectivity index (χ0v) is 22.2. The summed E-state index contributed by atoms with van der Waals surface area (Å²) < 4.78 is 23.8. The zero-order valence-electron chi connectivity index (χ0n) is 22.2. The highest BCUT2D eigenvalue weighted by atomic mass is 16.5. The standard InChI is InChI=1S/C30H42N4O4/c31-8-2-12-35-27-17-25(18-28(21-27)36-13-3-9-32)23-6-1-7-24(16-23)26-19-29(37-14-4-10-33)22-30(20-26)38-15-5-11-34/h1,6-7,16-22H,2-5,8-15,31-34H2. The van der Waals surface area contributed by atoms with Gasteiger partial charge < -0.3 is 41.9 Å². The van der Waals surface area contributed by atoms with Crippen molar-refractivity contribution >= 4 is 0 Å². The predicted octanol–water partition coefficient (Wildman–Crippen LogP) is 3.93. The molecule has 0 unspecified atom stereocenters. The highest BCUT2D eigenvalue weighted by Crippen LogP contribution is 2.35. The van der Waals surface area contributed by atoms with Gasteiger partial charge in [-0.25, -0.2) is 0 Å². The number of nitrogens with two attached hydrogens (primary N) is 4. The molecule has 3 aromatic carbocycles. The van der Waals surface area contributed by atoms with Crippen LogP contribution < -0.4 is 41.9 Å². The molecule has 0 bridgehead atoms. The van der Waals surface area contributed by atoms with Gasteiger partial charge >= 0.3 is 0 Å². The van der Waals surface area contributed by atoms with Gasteiger partial charge in [-0.1, -0.05) is 18.2 Å². The molecule has 0 aromatic heterocycles. The van der Waals surface area contributed by atoms with E-state index in [1.165, 1.54) is 0 Å². The van der Waals surface area contributed by atoms with Gasteiger partial charge in [-0.2, -0.15) is 0 Å². The summed E-state index contributed by atoms with van der Waals surface area (Å²) in [4.78, 5) is 0. The maximum absolute atomic E-state index is 5.96. The molecule has 3 aromatic rings. The molecule has 0 radical (unpaired) electrons. The topological polar surface area (TPSA) is 141 Å². The summed E-state index contributed by atoms with van der Waals surface area (Å²) in [6.45, 7) is 4.50. The van der Waals surface area contributed by atoms with E-state index < -0.39 is 0 Å². The fourth-order valence-corrected chi connectivity index (χ4v) is 3.78. The fraction of sp³-hybridized carbons (Fsp3) is 0.400. The number of benzene rings is 3. The first-order valence-electron chi connectivity index (χ1n) is 13.4. The minimum atomic E-state index is 0.548. The second kappa shape index (κ2) is 16.5. The monoisotopic (exact) mass is 522 g/mol. The second-order valence-corrected chi connectivity index (χ2v) is 8.93. The van der Waals surface area contributed by atoms with Gasteiger partial charge in [-0.05, 0) is 104 Å². The summed E-state index contributed by atoms with van der Waals surface area (Å²) in [5, 5.41) is 0. The van der Waals surface area contributed by atoms with E-state index in [0.29, 0.717) is 52.6 Å². The van der Waals surface area contributed by atoms with E-state index in [9.17, 15) is 0 Å². The lowest BCUT2D eigenvalue weighted by Gasteiger charge is -2.14. The molecule has 0 amide bonds. The Labute approximate surface area is 226 Å². The molecule has 0 aliphatic carbocycles. The lowest BCUT2D eigenvalue weighted by molar-refractivity contribution is 0.298. The molecule has 0 saturated carbocycles. The van der Waals surface area contributed by atoms with Crippen LogP contribution in [0.4, 0.5) is 0 Å².